The van der Waals surface area contributed by atoms with Crippen molar-refractivity contribution in [1.29, 1.82) is 0 Å². The first kappa shape index (κ1) is 16.1. The van der Waals surface area contributed by atoms with E-state index in [0.717, 1.165) is 19.3 Å². The molecule has 1 amide bonds. The SMILES string of the molecule is CC1CCCCC1(NC(=O)c1cc(Cl)cc(Cl)c1)C(=O)O. The molecule has 0 radical (unpaired) electrons. The molecule has 21 heavy (non-hydrogen) atoms. The number of carboxylic acid groups (broad SMARTS) is 1. The van der Waals surface area contributed by atoms with E-state index < -0.39 is 17.4 Å². The third kappa shape index (κ3) is 3.33. The van der Waals surface area contributed by atoms with Crippen molar-refractivity contribution >= 4 is 35.1 Å². The summed E-state index contributed by atoms with van der Waals surface area (Å²) in [6.07, 6.45) is 2.98. The van der Waals surface area contributed by atoms with E-state index in [1.54, 1.807) is 0 Å². The van der Waals surface area contributed by atoms with Crippen LogP contribution in [-0.4, -0.2) is 22.5 Å². The zero-order valence-electron chi connectivity index (χ0n) is 11.7. The number of carbonyl (C=O) groups is 2. The number of aliphatic carboxylic acids is 1. The smallest absolute Gasteiger partial charge is 0.329 e. The Balaban J connectivity index is 2.28. The molecule has 2 rings (SSSR count). The van der Waals surface area contributed by atoms with Crippen LogP contribution in [0.5, 0.6) is 0 Å². The van der Waals surface area contributed by atoms with Gasteiger partial charge in [-0.15, -0.1) is 0 Å². The molecule has 2 atom stereocenters. The number of hydrogen-bond acceptors (Lipinski definition) is 2. The van der Waals surface area contributed by atoms with E-state index in [1.165, 1.54) is 18.2 Å². The predicted molar refractivity (Wildman–Crippen MR) is 81.9 cm³/mol. The van der Waals surface area contributed by atoms with E-state index in [0.29, 0.717) is 16.5 Å². The van der Waals surface area contributed by atoms with E-state index >= 15 is 0 Å². The number of nitrogens with one attached hydrogen (secondary N) is 1. The summed E-state index contributed by atoms with van der Waals surface area (Å²) in [5.74, 6) is -1.57. The summed E-state index contributed by atoms with van der Waals surface area (Å²) in [6.45, 7) is 1.86. The monoisotopic (exact) mass is 329 g/mol. The maximum absolute atomic E-state index is 12.4. The van der Waals surface area contributed by atoms with Gasteiger partial charge in [0.15, 0.2) is 0 Å². The highest BCUT2D eigenvalue weighted by molar-refractivity contribution is 6.35. The number of halogens is 2. The fourth-order valence-corrected chi connectivity index (χ4v) is 3.39. The van der Waals surface area contributed by atoms with E-state index in [-0.39, 0.29) is 11.5 Å². The largest absolute Gasteiger partial charge is 0.479 e. The minimum absolute atomic E-state index is 0.123. The lowest BCUT2D eigenvalue weighted by Gasteiger charge is -2.39. The van der Waals surface area contributed by atoms with Gasteiger partial charge in [-0.25, -0.2) is 4.79 Å². The van der Waals surface area contributed by atoms with Crippen molar-refractivity contribution in [3.63, 3.8) is 0 Å². The zero-order chi connectivity index (χ0) is 15.6. The number of carbonyl (C=O) groups excluding carboxylic acids is 1. The van der Waals surface area contributed by atoms with Crippen molar-refractivity contribution in [3.8, 4) is 0 Å². The van der Waals surface area contributed by atoms with Gasteiger partial charge in [0.1, 0.15) is 5.54 Å². The summed E-state index contributed by atoms with van der Waals surface area (Å²) >= 11 is 11.8. The Hall–Kier alpha value is -1.26. The highest BCUT2D eigenvalue weighted by atomic mass is 35.5. The van der Waals surface area contributed by atoms with Crippen LogP contribution in [0.1, 0.15) is 43.0 Å². The molecule has 0 spiro atoms. The Morgan fingerprint density at radius 1 is 1.24 bits per heavy atom. The second-order valence-electron chi connectivity index (χ2n) is 5.54. The first-order valence-electron chi connectivity index (χ1n) is 6.87. The lowest BCUT2D eigenvalue weighted by Crippen LogP contribution is -2.60. The molecule has 1 aromatic rings. The van der Waals surface area contributed by atoms with Crippen LogP contribution in [0.4, 0.5) is 0 Å². The fraction of sp³-hybridized carbons (Fsp3) is 0.467. The first-order valence-corrected chi connectivity index (χ1v) is 7.63. The van der Waals surface area contributed by atoms with Crippen LogP contribution >= 0.6 is 23.2 Å². The summed E-state index contributed by atoms with van der Waals surface area (Å²) in [4.78, 5) is 24.1. The maximum Gasteiger partial charge on any atom is 0.329 e. The Labute approximate surface area is 133 Å². The van der Waals surface area contributed by atoms with Crippen LogP contribution < -0.4 is 5.32 Å². The van der Waals surface area contributed by atoms with Crippen molar-refractivity contribution in [2.24, 2.45) is 5.92 Å². The normalized spacial score (nSPS) is 25.4. The summed E-state index contributed by atoms with van der Waals surface area (Å²) in [5.41, 5.74) is -0.949. The molecule has 114 valence electrons. The van der Waals surface area contributed by atoms with Crippen LogP contribution in [0.15, 0.2) is 18.2 Å². The van der Waals surface area contributed by atoms with E-state index in [2.05, 4.69) is 5.32 Å². The second-order valence-corrected chi connectivity index (χ2v) is 6.41. The zero-order valence-corrected chi connectivity index (χ0v) is 13.2. The van der Waals surface area contributed by atoms with Crippen LogP contribution in [0, 0.1) is 5.92 Å². The molecule has 0 aliphatic heterocycles. The van der Waals surface area contributed by atoms with Gasteiger partial charge in [-0.1, -0.05) is 43.0 Å². The molecule has 0 bridgehead atoms. The second kappa shape index (κ2) is 6.24. The van der Waals surface area contributed by atoms with Crippen molar-refractivity contribution in [1.82, 2.24) is 5.32 Å². The highest BCUT2D eigenvalue weighted by Gasteiger charge is 2.46. The van der Waals surface area contributed by atoms with Gasteiger partial charge >= 0.3 is 5.97 Å². The molecule has 1 aliphatic rings. The molecule has 1 saturated carbocycles. The Kier molecular flexibility index (Phi) is 4.79. The number of benzene rings is 1. The molecular formula is C15H17Cl2NO3. The minimum atomic E-state index is -1.22. The summed E-state index contributed by atoms with van der Waals surface area (Å²) in [7, 11) is 0. The van der Waals surface area contributed by atoms with Gasteiger partial charge in [0.25, 0.3) is 5.91 Å². The van der Waals surface area contributed by atoms with Crippen molar-refractivity contribution < 1.29 is 14.7 Å². The molecule has 0 saturated heterocycles. The van der Waals surface area contributed by atoms with Crippen LogP contribution in [-0.2, 0) is 4.79 Å². The molecule has 1 aromatic carbocycles. The van der Waals surface area contributed by atoms with Gasteiger partial charge in [0.05, 0.1) is 0 Å². The van der Waals surface area contributed by atoms with Crippen LogP contribution in [0.2, 0.25) is 10.0 Å². The van der Waals surface area contributed by atoms with E-state index in [9.17, 15) is 14.7 Å². The van der Waals surface area contributed by atoms with Crippen molar-refractivity contribution in [2.75, 3.05) is 0 Å². The average Bonchev–Trinajstić information content (AvgIpc) is 2.40. The van der Waals surface area contributed by atoms with Crippen LogP contribution in [0.3, 0.4) is 0 Å². The molecule has 4 nitrogen and oxygen atoms in total. The van der Waals surface area contributed by atoms with Gasteiger partial charge < -0.3 is 10.4 Å². The van der Waals surface area contributed by atoms with Gasteiger partial charge in [-0.2, -0.15) is 0 Å². The molecule has 0 aromatic heterocycles. The predicted octanol–water partition coefficient (Wildman–Crippen LogP) is 3.76. The van der Waals surface area contributed by atoms with Crippen LogP contribution in [0.25, 0.3) is 0 Å². The lowest BCUT2D eigenvalue weighted by molar-refractivity contribution is -0.148. The third-order valence-corrected chi connectivity index (χ3v) is 4.58. The highest BCUT2D eigenvalue weighted by Crippen LogP contribution is 2.34. The lowest BCUT2D eigenvalue weighted by atomic mass is 9.73. The Morgan fingerprint density at radius 3 is 2.38 bits per heavy atom. The molecule has 2 unspecified atom stereocenters. The van der Waals surface area contributed by atoms with Gasteiger partial charge in [-0.05, 0) is 37.0 Å². The number of rotatable bonds is 3. The molecule has 0 heterocycles. The number of hydrogen-bond donors (Lipinski definition) is 2. The van der Waals surface area contributed by atoms with E-state index in [4.69, 9.17) is 23.2 Å². The quantitative estimate of drug-likeness (QED) is 0.887. The number of amides is 1. The maximum atomic E-state index is 12.4. The van der Waals surface area contributed by atoms with E-state index in [1.807, 2.05) is 6.92 Å². The first-order chi connectivity index (χ1) is 9.85. The van der Waals surface area contributed by atoms with Gasteiger partial charge in [0.2, 0.25) is 0 Å². The molecular weight excluding hydrogens is 313 g/mol. The topological polar surface area (TPSA) is 66.4 Å². The summed E-state index contributed by atoms with van der Waals surface area (Å²) < 4.78 is 0. The molecule has 1 aliphatic carbocycles. The number of carboxylic acids is 1. The molecule has 1 fully saturated rings. The summed E-state index contributed by atoms with van der Waals surface area (Å²) in [5, 5.41) is 13.0. The Bertz CT molecular complexity index is 556. The van der Waals surface area contributed by atoms with Gasteiger partial charge in [0, 0.05) is 15.6 Å². The molecule has 2 N–H and O–H groups in total. The van der Waals surface area contributed by atoms with Gasteiger partial charge in [-0.3, -0.25) is 4.79 Å². The fourth-order valence-electron chi connectivity index (χ4n) is 2.86. The average molecular weight is 330 g/mol. The summed E-state index contributed by atoms with van der Waals surface area (Å²) in [6, 6.07) is 4.48. The van der Waals surface area contributed by atoms with Crippen molar-refractivity contribution in [2.45, 2.75) is 38.1 Å². The minimum Gasteiger partial charge on any atom is -0.479 e. The Morgan fingerprint density at radius 2 is 1.86 bits per heavy atom. The standard InChI is InChI=1S/C15H17Cl2NO3/c1-9-4-2-3-5-15(9,14(20)21)18-13(19)10-6-11(16)8-12(17)7-10/h6-9H,2-5H2,1H3,(H,18,19)(H,20,21). The van der Waals surface area contributed by atoms with Crippen molar-refractivity contribution in [3.05, 3.63) is 33.8 Å². The molecule has 6 heteroatoms. The third-order valence-electron chi connectivity index (χ3n) is 4.14.